The Hall–Kier alpha value is -4.78. The van der Waals surface area contributed by atoms with Crippen LogP contribution in [0, 0.1) is 6.92 Å². The highest BCUT2D eigenvalue weighted by atomic mass is 16.1. The van der Waals surface area contributed by atoms with Crippen LogP contribution in [-0.2, 0) is 4.79 Å². The van der Waals surface area contributed by atoms with Crippen LogP contribution in [0.3, 0.4) is 0 Å². The molecule has 6 rings (SSSR count). The van der Waals surface area contributed by atoms with Gasteiger partial charge in [-0.25, -0.2) is 4.68 Å². The third-order valence-corrected chi connectivity index (χ3v) is 6.41. The number of nitrogens with zero attached hydrogens (tertiary/aromatic N) is 4. The van der Waals surface area contributed by atoms with Crippen LogP contribution in [0.5, 0.6) is 0 Å². The number of pyridine rings is 1. The zero-order chi connectivity index (χ0) is 24.6. The number of carbonyl (C=O) groups excluding carboxylic acids is 1. The zero-order valence-electron chi connectivity index (χ0n) is 19.9. The molecule has 0 fully saturated rings. The first-order valence-electron chi connectivity index (χ1n) is 11.8. The van der Waals surface area contributed by atoms with Crippen LogP contribution >= 0.6 is 0 Å². The van der Waals surface area contributed by atoms with E-state index in [1.54, 1.807) is 18.5 Å². The molecule has 1 unspecified atom stereocenters. The number of fused-ring (bicyclic) bond motifs is 2. The summed E-state index contributed by atoms with van der Waals surface area (Å²) in [6, 6.07) is 25.6. The Labute approximate surface area is 208 Å². The fraction of sp³-hybridized carbons (Fsp3) is 0.103. The molecule has 3 heterocycles. The molecule has 1 aliphatic heterocycles. The molecule has 2 N–H and O–H groups in total. The van der Waals surface area contributed by atoms with E-state index in [0.29, 0.717) is 23.0 Å². The van der Waals surface area contributed by atoms with Crippen LogP contribution in [0.4, 0.5) is 11.6 Å². The minimum Gasteiger partial charge on any atom is -0.328 e. The van der Waals surface area contributed by atoms with Gasteiger partial charge in [0.1, 0.15) is 6.04 Å². The summed E-state index contributed by atoms with van der Waals surface area (Å²) >= 11 is 0. The SMILES string of the molecule is CC1=C(C(=O)Nc2cccnc2)C(c2cccc(C)c2)n2nc(-c3cccc4ccccc34)nc2N1. The third kappa shape index (κ3) is 3.80. The number of hydrogen-bond donors (Lipinski definition) is 2. The van der Waals surface area contributed by atoms with Gasteiger partial charge in [0.25, 0.3) is 5.91 Å². The van der Waals surface area contributed by atoms with E-state index in [-0.39, 0.29) is 5.91 Å². The van der Waals surface area contributed by atoms with Crippen molar-refractivity contribution in [3.05, 3.63) is 114 Å². The summed E-state index contributed by atoms with van der Waals surface area (Å²) in [5, 5.41) is 13.5. The molecule has 2 aromatic heterocycles. The van der Waals surface area contributed by atoms with Crippen LogP contribution < -0.4 is 10.6 Å². The van der Waals surface area contributed by atoms with Crippen molar-refractivity contribution in [3.8, 4) is 11.4 Å². The molecule has 1 atom stereocenters. The summed E-state index contributed by atoms with van der Waals surface area (Å²) in [7, 11) is 0. The quantitative estimate of drug-likeness (QED) is 0.349. The first kappa shape index (κ1) is 21.7. The van der Waals surface area contributed by atoms with Gasteiger partial charge in [-0.05, 0) is 42.3 Å². The highest BCUT2D eigenvalue weighted by Gasteiger charge is 2.34. The Morgan fingerprint density at radius 3 is 2.64 bits per heavy atom. The molecule has 1 aliphatic rings. The van der Waals surface area contributed by atoms with Crippen molar-refractivity contribution >= 4 is 28.3 Å². The van der Waals surface area contributed by atoms with Gasteiger partial charge >= 0.3 is 0 Å². The minimum absolute atomic E-state index is 0.215. The molecule has 0 radical (unpaired) electrons. The summed E-state index contributed by atoms with van der Waals surface area (Å²) in [6.45, 7) is 3.94. The predicted octanol–water partition coefficient (Wildman–Crippen LogP) is 5.73. The summed E-state index contributed by atoms with van der Waals surface area (Å²) in [5.41, 5.74) is 4.94. The number of aryl methyl sites for hydroxylation is 1. The lowest BCUT2D eigenvalue weighted by atomic mass is 9.94. The molecular weight excluding hydrogens is 448 g/mol. The van der Waals surface area contributed by atoms with Crippen LogP contribution in [0.25, 0.3) is 22.2 Å². The molecule has 0 saturated carbocycles. The van der Waals surface area contributed by atoms with Crippen molar-refractivity contribution in [2.24, 2.45) is 0 Å². The van der Waals surface area contributed by atoms with E-state index < -0.39 is 6.04 Å². The average Bonchev–Trinajstić information content (AvgIpc) is 3.31. The number of carbonyl (C=O) groups is 1. The number of benzene rings is 3. The van der Waals surface area contributed by atoms with Gasteiger partial charge < -0.3 is 10.6 Å². The van der Waals surface area contributed by atoms with Crippen LogP contribution in [-0.4, -0.2) is 25.7 Å². The maximum Gasteiger partial charge on any atom is 0.255 e. The number of allylic oxidation sites excluding steroid dienone is 1. The van der Waals surface area contributed by atoms with Crippen molar-refractivity contribution in [1.82, 2.24) is 19.7 Å². The lowest BCUT2D eigenvalue weighted by Crippen LogP contribution is -2.31. The highest BCUT2D eigenvalue weighted by Crippen LogP contribution is 2.38. The number of nitrogens with one attached hydrogen (secondary N) is 2. The van der Waals surface area contributed by atoms with E-state index in [4.69, 9.17) is 10.1 Å². The maximum absolute atomic E-state index is 13.6. The Morgan fingerprint density at radius 1 is 0.972 bits per heavy atom. The second-order valence-electron chi connectivity index (χ2n) is 8.91. The molecule has 7 heteroatoms. The van der Waals surface area contributed by atoms with Gasteiger partial charge in [-0.15, -0.1) is 5.10 Å². The largest absolute Gasteiger partial charge is 0.328 e. The molecule has 176 valence electrons. The summed E-state index contributed by atoms with van der Waals surface area (Å²) in [4.78, 5) is 22.6. The van der Waals surface area contributed by atoms with Gasteiger partial charge in [0, 0.05) is 17.5 Å². The Kier molecular flexibility index (Phi) is 5.30. The number of hydrogen-bond acceptors (Lipinski definition) is 5. The Morgan fingerprint density at radius 2 is 1.81 bits per heavy atom. The van der Waals surface area contributed by atoms with E-state index in [9.17, 15) is 4.79 Å². The zero-order valence-corrected chi connectivity index (χ0v) is 19.9. The first-order valence-corrected chi connectivity index (χ1v) is 11.8. The molecule has 0 spiro atoms. The molecule has 5 aromatic rings. The van der Waals surface area contributed by atoms with Crippen molar-refractivity contribution in [3.63, 3.8) is 0 Å². The number of aromatic nitrogens is 4. The van der Waals surface area contributed by atoms with Crippen LogP contribution in [0.1, 0.15) is 24.1 Å². The Balaban J connectivity index is 1.49. The Bertz CT molecular complexity index is 1630. The lowest BCUT2D eigenvalue weighted by molar-refractivity contribution is -0.113. The van der Waals surface area contributed by atoms with Gasteiger partial charge in [-0.3, -0.25) is 9.78 Å². The van der Waals surface area contributed by atoms with Crippen molar-refractivity contribution < 1.29 is 4.79 Å². The standard InChI is InChI=1S/C29H24N6O/c1-18-8-5-11-21(16-18)26-25(28(36)32-22-12-7-15-30-17-22)19(2)31-29-33-27(34-35(26)29)24-14-6-10-20-9-3-4-13-23(20)24/h3-17,26H,1-2H3,(H,32,36)(H,31,33,34). The fourth-order valence-corrected chi connectivity index (χ4v) is 4.76. The highest BCUT2D eigenvalue weighted by molar-refractivity contribution is 6.06. The van der Waals surface area contributed by atoms with E-state index in [0.717, 1.165) is 33.2 Å². The van der Waals surface area contributed by atoms with E-state index in [1.165, 1.54) is 0 Å². The molecule has 0 bridgehead atoms. The average molecular weight is 473 g/mol. The topological polar surface area (TPSA) is 84.7 Å². The molecule has 36 heavy (non-hydrogen) atoms. The summed E-state index contributed by atoms with van der Waals surface area (Å²) < 4.78 is 1.82. The van der Waals surface area contributed by atoms with Gasteiger partial charge in [0.2, 0.25) is 5.95 Å². The number of amides is 1. The van der Waals surface area contributed by atoms with Crippen molar-refractivity contribution in [1.29, 1.82) is 0 Å². The third-order valence-electron chi connectivity index (χ3n) is 6.41. The maximum atomic E-state index is 13.6. The predicted molar refractivity (Wildman–Crippen MR) is 141 cm³/mol. The second-order valence-corrected chi connectivity index (χ2v) is 8.91. The van der Waals surface area contributed by atoms with Gasteiger partial charge in [-0.2, -0.15) is 4.98 Å². The number of rotatable bonds is 4. The molecular formula is C29H24N6O. The summed E-state index contributed by atoms with van der Waals surface area (Å²) in [5.74, 6) is 0.987. The van der Waals surface area contributed by atoms with Gasteiger partial charge in [0.15, 0.2) is 5.82 Å². The minimum atomic E-state index is -0.450. The molecule has 3 aromatic carbocycles. The second kappa shape index (κ2) is 8.78. The molecule has 7 nitrogen and oxygen atoms in total. The lowest BCUT2D eigenvalue weighted by Gasteiger charge is -2.28. The molecule has 0 aliphatic carbocycles. The van der Waals surface area contributed by atoms with E-state index >= 15 is 0 Å². The van der Waals surface area contributed by atoms with Crippen LogP contribution in [0.15, 0.2) is 103 Å². The smallest absolute Gasteiger partial charge is 0.255 e. The first-order chi connectivity index (χ1) is 17.6. The summed E-state index contributed by atoms with van der Waals surface area (Å²) in [6.07, 6.45) is 3.31. The fourth-order valence-electron chi connectivity index (χ4n) is 4.76. The van der Waals surface area contributed by atoms with E-state index in [1.807, 2.05) is 67.1 Å². The molecule has 0 saturated heterocycles. The van der Waals surface area contributed by atoms with Crippen LogP contribution in [0.2, 0.25) is 0 Å². The normalized spacial score (nSPS) is 14.9. The van der Waals surface area contributed by atoms with Crippen molar-refractivity contribution in [2.75, 3.05) is 10.6 Å². The van der Waals surface area contributed by atoms with E-state index in [2.05, 4.69) is 39.9 Å². The van der Waals surface area contributed by atoms with Gasteiger partial charge in [0.05, 0.1) is 17.5 Å². The number of anilines is 2. The monoisotopic (exact) mass is 472 g/mol. The van der Waals surface area contributed by atoms with Gasteiger partial charge in [-0.1, -0.05) is 72.3 Å². The van der Waals surface area contributed by atoms with Crippen molar-refractivity contribution in [2.45, 2.75) is 19.9 Å². The molecule has 1 amide bonds.